The normalized spacial score (nSPS) is 10.7. The van der Waals surface area contributed by atoms with Crippen LogP contribution in [0.2, 0.25) is 0 Å². The summed E-state index contributed by atoms with van der Waals surface area (Å²) in [6.45, 7) is 7.24. The van der Waals surface area contributed by atoms with Crippen LogP contribution in [0.3, 0.4) is 0 Å². The first-order chi connectivity index (χ1) is 12.1. The molecule has 4 heteroatoms. The van der Waals surface area contributed by atoms with E-state index in [0.717, 1.165) is 30.0 Å². The van der Waals surface area contributed by atoms with Gasteiger partial charge in [-0.05, 0) is 49.3 Å². The van der Waals surface area contributed by atoms with E-state index < -0.39 is 0 Å². The van der Waals surface area contributed by atoms with Crippen molar-refractivity contribution in [3.63, 3.8) is 0 Å². The first-order valence-corrected chi connectivity index (χ1v) is 8.85. The SMILES string of the molecule is CCOc1ccc(CC(=O)NCc2cccc(CN(C)CC)c2)cc1. The van der Waals surface area contributed by atoms with E-state index in [1.807, 2.05) is 43.3 Å². The van der Waals surface area contributed by atoms with Gasteiger partial charge in [-0.25, -0.2) is 0 Å². The monoisotopic (exact) mass is 340 g/mol. The Balaban J connectivity index is 1.84. The van der Waals surface area contributed by atoms with Crippen molar-refractivity contribution < 1.29 is 9.53 Å². The molecule has 0 aromatic heterocycles. The number of carbonyl (C=O) groups excluding carboxylic acids is 1. The Morgan fingerprint density at radius 3 is 2.44 bits per heavy atom. The van der Waals surface area contributed by atoms with E-state index in [9.17, 15) is 4.79 Å². The van der Waals surface area contributed by atoms with Gasteiger partial charge in [-0.1, -0.05) is 43.3 Å². The second kappa shape index (κ2) is 9.84. The van der Waals surface area contributed by atoms with Crippen LogP contribution >= 0.6 is 0 Å². The molecule has 25 heavy (non-hydrogen) atoms. The molecular weight excluding hydrogens is 312 g/mol. The molecule has 0 heterocycles. The molecule has 1 amide bonds. The molecule has 134 valence electrons. The minimum atomic E-state index is 0.0280. The molecule has 0 atom stereocenters. The first kappa shape index (κ1) is 19.0. The van der Waals surface area contributed by atoms with Crippen molar-refractivity contribution in [2.75, 3.05) is 20.2 Å². The van der Waals surface area contributed by atoms with Gasteiger partial charge in [0, 0.05) is 13.1 Å². The van der Waals surface area contributed by atoms with Gasteiger partial charge in [0.25, 0.3) is 0 Å². The average Bonchev–Trinajstić information content (AvgIpc) is 2.62. The summed E-state index contributed by atoms with van der Waals surface area (Å²) in [5, 5.41) is 3.00. The molecule has 0 saturated heterocycles. The van der Waals surface area contributed by atoms with Crippen molar-refractivity contribution in [2.24, 2.45) is 0 Å². The zero-order valence-corrected chi connectivity index (χ0v) is 15.4. The minimum absolute atomic E-state index is 0.0280. The highest BCUT2D eigenvalue weighted by Crippen LogP contribution is 2.12. The Morgan fingerprint density at radius 1 is 1.04 bits per heavy atom. The fourth-order valence-electron chi connectivity index (χ4n) is 2.58. The van der Waals surface area contributed by atoms with Crippen LogP contribution in [0.1, 0.15) is 30.5 Å². The predicted octanol–water partition coefficient (Wildman–Crippen LogP) is 3.40. The maximum Gasteiger partial charge on any atom is 0.224 e. The first-order valence-electron chi connectivity index (χ1n) is 8.85. The van der Waals surface area contributed by atoms with Gasteiger partial charge in [-0.2, -0.15) is 0 Å². The molecule has 0 saturated carbocycles. The lowest BCUT2D eigenvalue weighted by Gasteiger charge is -2.14. The van der Waals surface area contributed by atoms with Crippen molar-refractivity contribution in [3.8, 4) is 5.75 Å². The van der Waals surface area contributed by atoms with Gasteiger partial charge in [0.2, 0.25) is 5.91 Å². The third-order valence-electron chi connectivity index (χ3n) is 4.07. The summed E-state index contributed by atoms with van der Waals surface area (Å²) < 4.78 is 5.41. The van der Waals surface area contributed by atoms with Crippen LogP contribution in [0.4, 0.5) is 0 Å². The second-order valence-corrected chi connectivity index (χ2v) is 6.18. The summed E-state index contributed by atoms with van der Waals surface area (Å²) in [6, 6.07) is 16.1. The van der Waals surface area contributed by atoms with Crippen LogP contribution in [-0.2, 0) is 24.3 Å². The van der Waals surface area contributed by atoms with E-state index in [2.05, 4.69) is 36.3 Å². The highest BCUT2D eigenvalue weighted by Gasteiger charge is 2.05. The number of nitrogens with one attached hydrogen (secondary N) is 1. The quantitative estimate of drug-likeness (QED) is 0.761. The summed E-state index contributed by atoms with van der Waals surface area (Å²) in [7, 11) is 2.10. The second-order valence-electron chi connectivity index (χ2n) is 6.18. The lowest BCUT2D eigenvalue weighted by atomic mass is 10.1. The molecule has 0 aliphatic heterocycles. The van der Waals surface area contributed by atoms with Crippen molar-refractivity contribution in [3.05, 3.63) is 65.2 Å². The highest BCUT2D eigenvalue weighted by molar-refractivity contribution is 5.78. The van der Waals surface area contributed by atoms with E-state index >= 15 is 0 Å². The van der Waals surface area contributed by atoms with E-state index in [4.69, 9.17) is 4.74 Å². The molecule has 0 unspecified atom stereocenters. The molecule has 2 aromatic carbocycles. The maximum atomic E-state index is 12.2. The summed E-state index contributed by atoms with van der Waals surface area (Å²) in [5.41, 5.74) is 3.38. The van der Waals surface area contributed by atoms with E-state index in [0.29, 0.717) is 19.6 Å². The number of ether oxygens (including phenoxy) is 1. The smallest absolute Gasteiger partial charge is 0.224 e. The molecule has 0 radical (unpaired) electrons. The number of amides is 1. The molecule has 0 spiro atoms. The summed E-state index contributed by atoms with van der Waals surface area (Å²) >= 11 is 0. The van der Waals surface area contributed by atoms with Crippen molar-refractivity contribution in [1.29, 1.82) is 0 Å². The molecule has 0 fully saturated rings. The highest BCUT2D eigenvalue weighted by atomic mass is 16.5. The number of carbonyl (C=O) groups is 1. The molecule has 0 aliphatic rings. The Labute approximate surface area is 150 Å². The minimum Gasteiger partial charge on any atom is -0.494 e. The van der Waals surface area contributed by atoms with Crippen LogP contribution < -0.4 is 10.1 Å². The maximum absolute atomic E-state index is 12.2. The van der Waals surface area contributed by atoms with E-state index in [1.165, 1.54) is 5.56 Å². The van der Waals surface area contributed by atoms with E-state index in [1.54, 1.807) is 0 Å². The summed E-state index contributed by atoms with van der Waals surface area (Å²) in [6.07, 6.45) is 0.380. The van der Waals surface area contributed by atoms with Crippen LogP contribution in [0, 0.1) is 0 Å². The standard InChI is InChI=1S/C21H28N2O2/c1-4-23(3)16-19-8-6-7-18(13-19)15-22-21(24)14-17-9-11-20(12-10-17)25-5-2/h6-13H,4-5,14-16H2,1-3H3,(H,22,24). The topological polar surface area (TPSA) is 41.6 Å². The molecule has 4 nitrogen and oxygen atoms in total. The number of benzene rings is 2. The Kier molecular flexibility index (Phi) is 7.48. The summed E-state index contributed by atoms with van der Waals surface area (Å²) in [5.74, 6) is 0.862. The number of rotatable bonds is 9. The fraction of sp³-hybridized carbons (Fsp3) is 0.381. The van der Waals surface area contributed by atoms with Gasteiger partial charge >= 0.3 is 0 Å². The van der Waals surface area contributed by atoms with Crippen LogP contribution in [-0.4, -0.2) is 31.0 Å². The van der Waals surface area contributed by atoms with Crippen molar-refractivity contribution in [1.82, 2.24) is 10.2 Å². The van der Waals surface area contributed by atoms with Crippen molar-refractivity contribution in [2.45, 2.75) is 33.4 Å². The molecule has 2 aromatic rings. The van der Waals surface area contributed by atoms with Gasteiger partial charge < -0.3 is 15.0 Å². The number of hydrogen-bond acceptors (Lipinski definition) is 3. The Hall–Kier alpha value is -2.33. The molecule has 0 bridgehead atoms. The van der Waals surface area contributed by atoms with Gasteiger partial charge in [-0.15, -0.1) is 0 Å². The fourth-order valence-corrected chi connectivity index (χ4v) is 2.58. The molecule has 0 aliphatic carbocycles. The lowest BCUT2D eigenvalue weighted by Crippen LogP contribution is -2.24. The molecular formula is C21H28N2O2. The zero-order chi connectivity index (χ0) is 18.1. The van der Waals surface area contributed by atoms with Gasteiger partial charge in [0.15, 0.2) is 0 Å². The van der Waals surface area contributed by atoms with Crippen LogP contribution in [0.25, 0.3) is 0 Å². The Bertz CT molecular complexity index is 668. The molecule has 1 N–H and O–H groups in total. The van der Waals surface area contributed by atoms with Gasteiger partial charge in [-0.3, -0.25) is 4.79 Å². The summed E-state index contributed by atoms with van der Waals surface area (Å²) in [4.78, 5) is 14.4. The largest absolute Gasteiger partial charge is 0.494 e. The zero-order valence-electron chi connectivity index (χ0n) is 15.4. The Morgan fingerprint density at radius 2 is 1.76 bits per heavy atom. The average molecular weight is 340 g/mol. The van der Waals surface area contributed by atoms with E-state index in [-0.39, 0.29) is 5.91 Å². The van der Waals surface area contributed by atoms with Gasteiger partial charge in [0.1, 0.15) is 5.75 Å². The van der Waals surface area contributed by atoms with Crippen LogP contribution in [0.5, 0.6) is 5.75 Å². The van der Waals surface area contributed by atoms with Crippen molar-refractivity contribution >= 4 is 5.91 Å². The molecule has 2 rings (SSSR count). The number of hydrogen-bond donors (Lipinski definition) is 1. The third-order valence-corrected chi connectivity index (χ3v) is 4.07. The number of nitrogens with zero attached hydrogens (tertiary/aromatic N) is 1. The predicted molar refractivity (Wildman–Crippen MR) is 102 cm³/mol. The van der Waals surface area contributed by atoms with Gasteiger partial charge in [0.05, 0.1) is 13.0 Å². The lowest BCUT2D eigenvalue weighted by molar-refractivity contribution is -0.120. The van der Waals surface area contributed by atoms with Crippen LogP contribution in [0.15, 0.2) is 48.5 Å². The third kappa shape index (κ3) is 6.59.